The van der Waals surface area contributed by atoms with E-state index in [4.69, 9.17) is 25.5 Å². The average Bonchev–Trinajstić information content (AvgIpc) is 3.02. The minimum Gasteiger partial charge on any atom is -0.440 e. The zero-order valence-electron chi connectivity index (χ0n) is 9.15. The predicted molar refractivity (Wildman–Crippen MR) is 58.9 cm³/mol. The number of amides is 1. The minimum atomic E-state index is -0.591. The lowest BCUT2D eigenvalue weighted by atomic mass is 10.2. The zero-order valence-corrected chi connectivity index (χ0v) is 9.90. The van der Waals surface area contributed by atoms with Gasteiger partial charge in [-0.1, -0.05) is 0 Å². The van der Waals surface area contributed by atoms with Crippen LogP contribution in [0.4, 0.5) is 0 Å². The maximum absolute atomic E-state index is 12.1. The molecule has 6 heteroatoms. The molecule has 17 heavy (non-hydrogen) atoms. The van der Waals surface area contributed by atoms with E-state index >= 15 is 0 Å². The van der Waals surface area contributed by atoms with Gasteiger partial charge in [-0.3, -0.25) is 4.79 Å². The van der Waals surface area contributed by atoms with Crippen LogP contribution in [-0.4, -0.2) is 42.9 Å². The molecule has 1 aromatic rings. The number of likely N-dealkylation sites (tertiary alicyclic amines) is 1. The lowest BCUT2D eigenvalue weighted by Gasteiger charge is -2.21. The van der Waals surface area contributed by atoms with Crippen molar-refractivity contribution in [3.8, 4) is 0 Å². The second kappa shape index (κ2) is 4.01. The lowest BCUT2D eigenvalue weighted by molar-refractivity contribution is -0.143. The number of ether oxygens (including phenoxy) is 2. The molecule has 0 radical (unpaired) electrons. The summed E-state index contributed by atoms with van der Waals surface area (Å²) in [4.78, 5) is 13.7. The Morgan fingerprint density at radius 2 is 2.12 bits per heavy atom. The lowest BCUT2D eigenvalue weighted by Crippen LogP contribution is -2.36. The van der Waals surface area contributed by atoms with E-state index in [0.717, 1.165) is 0 Å². The standard InChI is InChI=1S/C11H12ClNO4/c12-9-2-1-8(17-9)10(14)13-4-3-11(7-13)15-5-6-16-11/h1-2H,3-7H2. The summed E-state index contributed by atoms with van der Waals surface area (Å²) in [7, 11) is 0. The Bertz CT molecular complexity index is 438. The molecule has 1 spiro atoms. The quantitative estimate of drug-likeness (QED) is 0.766. The molecule has 1 amide bonds. The Morgan fingerprint density at radius 3 is 2.76 bits per heavy atom. The summed E-state index contributed by atoms with van der Waals surface area (Å²) < 4.78 is 16.2. The molecule has 0 N–H and O–H groups in total. The fraction of sp³-hybridized carbons (Fsp3) is 0.545. The molecule has 2 aliphatic heterocycles. The van der Waals surface area contributed by atoms with Crippen molar-refractivity contribution in [3.05, 3.63) is 23.1 Å². The maximum atomic E-state index is 12.1. The van der Waals surface area contributed by atoms with Crippen LogP contribution in [0, 0.1) is 0 Å². The molecular formula is C11H12ClNO4. The SMILES string of the molecule is O=C(c1ccc(Cl)o1)N1CCC2(C1)OCCO2. The molecule has 2 saturated heterocycles. The van der Waals surface area contributed by atoms with E-state index in [-0.39, 0.29) is 16.9 Å². The molecule has 0 atom stereocenters. The van der Waals surface area contributed by atoms with E-state index in [1.54, 1.807) is 17.0 Å². The van der Waals surface area contributed by atoms with Gasteiger partial charge in [0.05, 0.1) is 19.8 Å². The Labute approximate surface area is 103 Å². The highest BCUT2D eigenvalue weighted by molar-refractivity contribution is 6.29. The highest BCUT2D eigenvalue weighted by Gasteiger charge is 2.45. The Balaban J connectivity index is 1.72. The summed E-state index contributed by atoms with van der Waals surface area (Å²) in [6, 6.07) is 3.13. The first-order valence-electron chi connectivity index (χ1n) is 5.51. The fourth-order valence-corrected chi connectivity index (χ4v) is 2.39. The summed E-state index contributed by atoms with van der Waals surface area (Å²) in [6.07, 6.45) is 0.702. The van der Waals surface area contributed by atoms with E-state index < -0.39 is 5.79 Å². The monoisotopic (exact) mass is 257 g/mol. The summed E-state index contributed by atoms with van der Waals surface area (Å²) in [6.45, 7) is 2.24. The van der Waals surface area contributed by atoms with Gasteiger partial charge in [-0.05, 0) is 23.7 Å². The van der Waals surface area contributed by atoms with Crippen molar-refractivity contribution in [1.29, 1.82) is 0 Å². The van der Waals surface area contributed by atoms with Crippen LogP contribution in [0.25, 0.3) is 0 Å². The Morgan fingerprint density at radius 1 is 1.35 bits per heavy atom. The van der Waals surface area contributed by atoms with Crippen LogP contribution in [0.2, 0.25) is 5.22 Å². The van der Waals surface area contributed by atoms with Crippen LogP contribution in [0.1, 0.15) is 17.0 Å². The van der Waals surface area contributed by atoms with Crippen LogP contribution >= 0.6 is 11.6 Å². The molecule has 0 unspecified atom stereocenters. The summed E-state index contributed by atoms with van der Waals surface area (Å²) in [5.41, 5.74) is 0. The van der Waals surface area contributed by atoms with E-state index in [1.165, 1.54) is 0 Å². The van der Waals surface area contributed by atoms with Crippen molar-refractivity contribution < 1.29 is 18.7 Å². The van der Waals surface area contributed by atoms with Gasteiger partial charge in [0.15, 0.2) is 16.8 Å². The molecule has 0 aromatic carbocycles. The molecule has 2 fully saturated rings. The third-order valence-corrected chi connectivity index (χ3v) is 3.28. The molecule has 3 rings (SSSR count). The van der Waals surface area contributed by atoms with Crippen molar-refractivity contribution >= 4 is 17.5 Å². The van der Waals surface area contributed by atoms with Crippen molar-refractivity contribution in [2.45, 2.75) is 12.2 Å². The molecule has 3 heterocycles. The van der Waals surface area contributed by atoms with E-state index in [0.29, 0.717) is 32.7 Å². The summed E-state index contributed by atoms with van der Waals surface area (Å²) in [5.74, 6) is -0.510. The largest absolute Gasteiger partial charge is 0.440 e. The van der Waals surface area contributed by atoms with E-state index in [2.05, 4.69) is 0 Å². The first-order chi connectivity index (χ1) is 8.19. The third-order valence-electron chi connectivity index (χ3n) is 3.08. The second-order valence-electron chi connectivity index (χ2n) is 4.19. The zero-order chi connectivity index (χ0) is 11.9. The smallest absolute Gasteiger partial charge is 0.289 e. The Kier molecular flexibility index (Phi) is 2.61. The molecular weight excluding hydrogens is 246 g/mol. The van der Waals surface area contributed by atoms with Gasteiger partial charge < -0.3 is 18.8 Å². The van der Waals surface area contributed by atoms with E-state index in [9.17, 15) is 4.79 Å². The normalized spacial score (nSPS) is 22.5. The van der Waals surface area contributed by atoms with Gasteiger partial charge in [0, 0.05) is 13.0 Å². The fourth-order valence-electron chi connectivity index (χ4n) is 2.25. The first kappa shape index (κ1) is 11.1. The van der Waals surface area contributed by atoms with Crippen LogP contribution in [0.5, 0.6) is 0 Å². The second-order valence-corrected chi connectivity index (χ2v) is 4.56. The number of carbonyl (C=O) groups is 1. The number of furan rings is 1. The number of halogens is 1. The van der Waals surface area contributed by atoms with Crippen LogP contribution < -0.4 is 0 Å². The number of hydrogen-bond donors (Lipinski definition) is 0. The molecule has 5 nitrogen and oxygen atoms in total. The highest BCUT2D eigenvalue weighted by Crippen LogP contribution is 2.31. The molecule has 1 aromatic heterocycles. The maximum Gasteiger partial charge on any atom is 0.289 e. The first-order valence-corrected chi connectivity index (χ1v) is 5.89. The van der Waals surface area contributed by atoms with Gasteiger partial charge in [-0.2, -0.15) is 0 Å². The summed E-state index contributed by atoms with van der Waals surface area (Å²) >= 11 is 5.64. The van der Waals surface area contributed by atoms with Crippen molar-refractivity contribution in [2.75, 3.05) is 26.3 Å². The van der Waals surface area contributed by atoms with Crippen molar-refractivity contribution in [3.63, 3.8) is 0 Å². The predicted octanol–water partition coefficient (Wildman–Crippen LogP) is 1.52. The average molecular weight is 258 g/mol. The molecule has 0 saturated carbocycles. The van der Waals surface area contributed by atoms with Crippen molar-refractivity contribution in [2.24, 2.45) is 0 Å². The number of carbonyl (C=O) groups excluding carboxylic acids is 1. The number of hydrogen-bond acceptors (Lipinski definition) is 4. The number of rotatable bonds is 1. The van der Waals surface area contributed by atoms with Gasteiger partial charge in [0.2, 0.25) is 0 Å². The van der Waals surface area contributed by atoms with Gasteiger partial charge in [-0.25, -0.2) is 0 Å². The number of nitrogens with zero attached hydrogens (tertiary/aromatic N) is 1. The molecule has 92 valence electrons. The van der Waals surface area contributed by atoms with Crippen LogP contribution in [0.15, 0.2) is 16.5 Å². The minimum absolute atomic E-state index is 0.173. The van der Waals surface area contributed by atoms with E-state index in [1.807, 2.05) is 0 Å². The van der Waals surface area contributed by atoms with Crippen molar-refractivity contribution in [1.82, 2.24) is 4.90 Å². The summed E-state index contributed by atoms with van der Waals surface area (Å²) in [5, 5.41) is 0.218. The van der Waals surface area contributed by atoms with Gasteiger partial charge in [0.25, 0.3) is 5.91 Å². The third kappa shape index (κ3) is 1.94. The van der Waals surface area contributed by atoms with Crippen LogP contribution in [-0.2, 0) is 9.47 Å². The highest BCUT2D eigenvalue weighted by atomic mass is 35.5. The molecule has 0 bridgehead atoms. The topological polar surface area (TPSA) is 51.9 Å². The van der Waals surface area contributed by atoms with Gasteiger partial charge in [0.1, 0.15) is 0 Å². The van der Waals surface area contributed by atoms with Crippen LogP contribution in [0.3, 0.4) is 0 Å². The van der Waals surface area contributed by atoms with Gasteiger partial charge >= 0.3 is 0 Å². The Hall–Kier alpha value is -1.04. The van der Waals surface area contributed by atoms with Gasteiger partial charge in [-0.15, -0.1) is 0 Å². The molecule has 0 aliphatic carbocycles. The molecule has 2 aliphatic rings.